The van der Waals surface area contributed by atoms with Crippen LogP contribution in [0.25, 0.3) is 0 Å². The van der Waals surface area contributed by atoms with Gasteiger partial charge in [0.05, 0.1) is 12.7 Å². The van der Waals surface area contributed by atoms with E-state index in [9.17, 15) is 14.4 Å². The molecule has 0 spiro atoms. The molecule has 8 nitrogen and oxygen atoms in total. The molecule has 0 N–H and O–H groups in total. The molecular weight excluding hydrogens is 456 g/mol. The number of esters is 1. The van der Waals surface area contributed by atoms with E-state index in [2.05, 4.69) is 17.2 Å². The molecule has 8 heteroatoms. The van der Waals surface area contributed by atoms with Gasteiger partial charge in [-0.1, -0.05) is 36.4 Å². The van der Waals surface area contributed by atoms with Gasteiger partial charge in [-0.05, 0) is 55.0 Å². The molecular formula is C28H32N4O4. The van der Waals surface area contributed by atoms with Crippen LogP contribution in [0.2, 0.25) is 0 Å². The second-order valence-corrected chi connectivity index (χ2v) is 9.17. The van der Waals surface area contributed by atoms with Gasteiger partial charge in [-0.2, -0.15) is 5.10 Å². The summed E-state index contributed by atoms with van der Waals surface area (Å²) in [6, 6.07) is 18.7. The first-order chi connectivity index (χ1) is 17.5. The fraction of sp³-hybridized carbons (Fsp3) is 0.357. The van der Waals surface area contributed by atoms with Crippen molar-refractivity contribution in [3.63, 3.8) is 0 Å². The Bertz CT molecular complexity index is 1170. The number of benzene rings is 2. The van der Waals surface area contributed by atoms with Crippen molar-refractivity contribution in [2.24, 2.45) is 5.92 Å². The number of carbonyl (C=O) groups is 3. The molecule has 0 bridgehead atoms. The molecule has 4 rings (SSSR count). The van der Waals surface area contributed by atoms with Gasteiger partial charge in [0.15, 0.2) is 0 Å². The van der Waals surface area contributed by atoms with Crippen molar-refractivity contribution in [1.29, 1.82) is 0 Å². The summed E-state index contributed by atoms with van der Waals surface area (Å²) in [7, 11) is 3.19. The van der Waals surface area contributed by atoms with Crippen molar-refractivity contribution in [2.45, 2.75) is 31.8 Å². The minimum Gasteiger partial charge on any atom is -0.465 e. The second-order valence-electron chi connectivity index (χ2n) is 9.17. The first-order valence-corrected chi connectivity index (χ1v) is 12.2. The monoisotopic (exact) mass is 488 g/mol. The van der Waals surface area contributed by atoms with Gasteiger partial charge < -0.3 is 14.5 Å². The van der Waals surface area contributed by atoms with Crippen LogP contribution in [0.5, 0.6) is 0 Å². The van der Waals surface area contributed by atoms with E-state index in [0.717, 1.165) is 19.3 Å². The summed E-state index contributed by atoms with van der Waals surface area (Å²) in [5, 5.41) is 4.17. The second kappa shape index (κ2) is 11.7. The molecule has 2 amide bonds. The smallest absolute Gasteiger partial charge is 0.337 e. The van der Waals surface area contributed by atoms with Crippen molar-refractivity contribution in [3.05, 3.63) is 89.7 Å². The molecule has 3 aromatic rings. The zero-order valence-electron chi connectivity index (χ0n) is 20.7. The fourth-order valence-corrected chi connectivity index (χ4v) is 4.87. The van der Waals surface area contributed by atoms with Gasteiger partial charge in [0.25, 0.3) is 5.91 Å². The maximum absolute atomic E-state index is 13.1. The average Bonchev–Trinajstić information content (AvgIpc) is 3.44. The molecule has 188 valence electrons. The highest BCUT2D eigenvalue weighted by molar-refractivity contribution is 5.98. The molecule has 1 aromatic heterocycles. The highest BCUT2D eigenvalue weighted by Crippen LogP contribution is 2.27. The van der Waals surface area contributed by atoms with Crippen molar-refractivity contribution in [3.8, 4) is 0 Å². The van der Waals surface area contributed by atoms with Gasteiger partial charge in [-0.25, -0.2) is 4.79 Å². The van der Waals surface area contributed by atoms with Crippen molar-refractivity contribution in [1.82, 2.24) is 19.6 Å². The quantitative estimate of drug-likeness (QED) is 0.455. The summed E-state index contributed by atoms with van der Waals surface area (Å²) < 4.78 is 6.42. The zero-order valence-corrected chi connectivity index (χ0v) is 20.7. The first-order valence-electron chi connectivity index (χ1n) is 12.2. The number of amides is 2. The van der Waals surface area contributed by atoms with E-state index >= 15 is 0 Å². The van der Waals surface area contributed by atoms with E-state index < -0.39 is 5.97 Å². The third kappa shape index (κ3) is 6.00. The number of rotatable bonds is 8. The van der Waals surface area contributed by atoms with Gasteiger partial charge >= 0.3 is 5.97 Å². The summed E-state index contributed by atoms with van der Waals surface area (Å²) in [4.78, 5) is 41.8. The number of hydrogen-bond acceptors (Lipinski definition) is 5. The van der Waals surface area contributed by atoms with Gasteiger partial charge in [-0.15, -0.1) is 0 Å². The molecule has 0 aliphatic carbocycles. The first kappa shape index (κ1) is 25.2. The number of methoxy groups -OCH3 is 1. The van der Waals surface area contributed by atoms with Crippen LogP contribution in [-0.4, -0.2) is 70.7 Å². The van der Waals surface area contributed by atoms with E-state index in [1.165, 1.54) is 12.7 Å². The summed E-state index contributed by atoms with van der Waals surface area (Å²) in [5.74, 6) is -0.295. The molecule has 1 saturated heterocycles. The fourth-order valence-electron chi connectivity index (χ4n) is 4.87. The zero-order chi connectivity index (χ0) is 25.5. The van der Waals surface area contributed by atoms with Gasteiger partial charge in [0.2, 0.25) is 5.91 Å². The van der Waals surface area contributed by atoms with Crippen molar-refractivity contribution >= 4 is 17.8 Å². The minimum absolute atomic E-state index is 0.00960. The molecule has 1 fully saturated rings. The summed E-state index contributed by atoms with van der Waals surface area (Å²) in [6.45, 7) is 1.39. The Morgan fingerprint density at radius 1 is 1.03 bits per heavy atom. The number of aromatic nitrogens is 2. The summed E-state index contributed by atoms with van der Waals surface area (Å²) >= 11 is 0. The number of ether oxygens (including phenoxy) is 1. The molecule has 1 aliphatic rings. The predicted molar refractivity (Wildman–Crippen MR) is 135 cm³/mol. The van der Waals surface area contributed by atoms with Gasteiger partial charge in [0, 0.05) is 44.1 Å². The maximum atomic E-state index is 13.1. The Balaban J connectivity index is 1.45. The molecule has 0 unspecified atom stereocenters. The van der Waals surface area contributed by atoms with Crippen LogP contribution in [0.3, 0.4) is 0 Å². The lowest BCUT2D eigenvalue weighted by Gasteiger charge is -2.40. The largest absolute Gasteiger partial charge is 0.465 e. The lowest BCUT2D eigenvalue weighted by atomic mass is 9.84. The normalized spacial score (nSPS) is 14.8. The summed E-state index contributed by atoms with van der Waals surface area (Å²) in [6.07, 6.45) is 5.79. The van der Waals surface area contributed by atoms with Crippen LogP contribution in [-0.2, 0) is 22.5 Å². The Morgan fingerprint density at radius 3 is 2.42 bits per heavy atom. The molecule has 36 heavy (non-hydrogen) atoms. The maximum Gasteiger partial charge on any atom is 0.337 e. The topological polar surface area (TPSA) is 84.7 Å². The Hall–Kier alpha value is -3.94. The lowest BCUT2D eigenvalue weighted by molar-refractivity contribution is -0.134. The number of likely N-dealkylation sites (tertiary alicyclic amines) is 1. The van der Waals surface area contributed by atoms with E-state index in [1.54, 1.807) is 41.3 Å². The van der Waals surface area contributed by atoms with Crippen molar-refractivity contribution in [2.75, 3.05) is 27.2 Å². The Morgan fingerprint density at radius 2 is 1.75 bits per heavy atom. The minimum atomic E-state index is -0.463. The Labute approximate surface area is 211 Å². The van der Waals surface area contributed by atoms with E-state index in [4.69, 9.17) is 4.74 Å². The van der Waals surface area contributed by atoms with Crippen LogP contribution in [0.1, 0.15) is 39.1 Å². The van der Waals surface area contributed by atoms with Crippen LogP contribution in [0.4, 0.5) is 0 Å². The molecule has 1 aliphatic heterocycles. The third-order valence-electron chi connectivity index (χ3n) is 6.94. The van der Waals surface area contributed by atoms with Crippen LogP contribution < -0.4 is 0 Å². The van der Waals surface area contributed by atoms with Gasteiger partial charge in [0.1, 0.15) is 6.54 Å². The summed E-state index contributed by atoms with van der Waals surface area (Å²) in [5.41, 5.74) is 2.02. The number of piperidine rings is 1. The number of nitrogens with zero attached hydrogens (tertiary/aromatic N) is 4. The molecule has 0 radical (unpaired) electrons. The van der Waals surface area contributed by atoms with Crippen molar-refractivity contribution < 1.29 is 19.1 Å². The Kier molecular flexibility index (Phi) is 8.15. The SMILES string of the molecule is COC(=O)c1cccc(C(=O)N2CCC([C@H](Cc3ccccc3)N(C)C(=O)Cn3cccn3)CC2)c1. The van der Waals surface area contributed by atoms with Crippen LogP contribution >= 0.6 is 0 Å². The predicted octanol–water partition coefficient (Wildman–Crippen LogP) is 3.29. The number of carbonyl (C=O) groups excluding carboxylic acids is 3. The highest BCUT2D eigenvalue weighted by Gasteiger charge is 2.33. The molecule has 1 atom stereocenters. The standard InChI is InChI=1S/C28H32N4O4/c1-30(26(33)20-32-15-7-14-29-32)25(18-21-8-4-3-5-9-21)22-12-16-31(17-13-22)27(34)23-10-6-11-24(19-23)28(35)36-2/h3-11,14-15,19,22,25H,12-13,16-18,20H2,1-2H3/t25-/m0/s1. The van der Waals surface area contributed by atoms with Gasteiger partial charge in [-0.3, -0.25) is 14.3 Å². The lowest BCUT2D eigenvalue weighted by Crippen LogP contribution is -2.49. The van der Waals surface area contributed by atoms with Crippen LogP contribution in [0.15, 0.2) is 73.1 Å². The molecule has 0 saturated carbocycles. The highest BCUT2D eigenvalue weighted by atomic mass is 16.5. The number of hydrogen-bond donors (Lipinski definition) is 0. The van der Waals surface area contributed by atoms with E-state index in [1.807, 2.05) is 41.1 Å². The molecule has 2 heterocycles. The van der Waals surface area contributed by atoms with Crippen LogP contribution in [0, 0.1) is 5.92 Å². The average molecular weight is 489 g/mol. The number of likely N-dealkylation sites (N-methyl/N-ethyl adjacent to an activating group) is 1. The van der Waals surface area contributed by atoms with E-state index in [-0.39, 0.29) is 30.3 Å². The van der Waals surface area contributed by atoms with E-state index in [0.29, 0.717) is 24.2 Å². The molecule has 2 aromatic carbocycles. The third-order valence-corrected chi connectivity index (χ3v) is 6.94.